The zero-order valence-electron chi connectivity index (χ0n) is 12.4. The molecule has 2 aromatic heterocycles. The van der Waals surface area contributed by atoms with Gasteiger partial charge in [-0.05, 0) is 38.0 Å². The summed E-state index contributed by atoms with van der Waals surface area (Å²) >= 11 is 5.85. The number of aromatic nitrogens is 3. The molecule has 21 heavy (non-hydrogen) atoms. The first-order valence-electron chi connectivity index (χ1n) is 6.86. The highest BCUT2D eigenvalue weighted by Gasteiger charge is 2.11. The SMILES string of the molecule is Cc1cc(C)n(C[C@H](C)CNC(=O)c2cc(Cl)ccn2)n1. The summed E-state index contributed by atoms with van der Waals surface area (Å²) in [5.41, 5.74) is 2.47. The summed E-state index contributed by atoms with van der Waals surface area (Å²) in [6.07, 6.45) is 1.52. The van der Waals surface area contributed by atoms with Gasteiger partial charge in [-0.2, -0.15) is 5.10 Å². The summed E-state index contributed by atoms with van der Waals surface area (Å²) < 4.78 is 1.96. The molecule has 0 aromatic carbocycles. The van der Waals surface area contributed by atoms with Crippen LogP contribution in [0.3, 0.4) is 0 Å². The van der Waals surface area contributed by atoms with E-state index in [2.05, 4.69) is 22.3 Å². The van der Waals surface area contributed by atoms with Crippen LogP contribution in [0.2, 0.25) is 5.02 Å². The van der Waals surface area contributed by atoms with Crippen molar-refractivity contribution in [3.63, 3.8) is 0 Å². The smallest absolute Gasteiger partial charge is 0.269 e. The van der Waals surface area contributed by atoms with Crippen molar-refractivity contribution in [2.24, 2.45) is 5.92 Å². The highest BCUT2D eigenvalue weighted by Crippen LogP contribution is 2.09. The second kappa shape index (κ2) is 6.72. The number of aryl methyl sites for hydroxylation is 2. The lowest BCUT2D eigenvalue weighted by atomic mass is 10.2. The van der Waals surface area contributed by atoms with Gasteiger partial charge in [0.15, 0.2) is 0 Å². The first-order chi connectivity index (χ1) is 9.95. The summed E-state index contributed by atoms with van der Waals surface area (Å²) in [5.74, 6) is 0.0591. The topological polar surface area (TPSA) is 59.8 Å². The minimum Gasteiger partial charge on any atom is -0.350 e. The van der Waals surface area contributed by atoms with E-state index in [1.165, 1.54) is 6.20 Å². The van der Waals surface area contributed by atoms with Crippen LogP contribution in [0.1, 0.15) is 28.8 Å². The fraction of sp³-hybridized carbons (Fsp3) is 0.400. The molecule has 2 aromatic rings. The van der Waals surface area contributed by atoms with Crippen molar-refractivity contribution in [1.29, 1.82) is 0 Å². The zero-order valence-corrected chi connectivity index (χ0v) is 13.2. The number of carbonyl (C=O) groups is 1. The number of hydrogen-bond acceptors (Lipinski definition) is 3. The van der Waals surface area contributed by atoms with E-state index in [4.69, 9.17) is 11.6 Å². The third kappa shape index (κ3) is 4.29. The Balaban J connectivity index is 1.88. The van der Waals surface area contributed by atoms with Gasteiger partial charge < -0.3 is 5.32 Å². The number of rotatable bonds is 5. The van der Waals surface area contributed by atoms with Gasteiger partial charge in [-0.25, -0.2) is 0 Å². The van der Waals surface area contributed by atoms with Gasteiger partial charge in [-0.1, -0.05) is 18.5 Å². The van der Waals surface area contributed by atoms with Gasteiger partial charge in [0.2, 0.25) is 0 Å². The van der Waals surface area contributed by atoms with Crippen LogP contribution in [0.4, 0.5) is 0 Å². The minimum absolute atomic E-state index is 0.210. The van der Waals surface area contributed by atoms with E-state index < -0.39 is 0 Å². The van der Waals surface area contributed by atoms with Crippen LogP contribution < -0.4 is 5.32 Å². The van der Waals surface area contributed by atoms with Crippen LogP contribution in [0, 0.1) is 19.8 Å². The van der Waals surface area contributed by atoms with E-state index in [9.17, 15) is 4.79 Å². The second-order valence-electron chi connectivity index (χ2n) is 5.28. The van der Waals surface area contributed by atoms with Crippen LogP contribution in [0.5, 0.6) is 0 Å². The lowest BCUT2D eigenvalue weighted by molar-refractivity contribution is 0.0941. The predicted octanol–water partition coefficient (Wildman–Crippen LogP) is 2.61. The Morgan fingerprint density at radius 1 is 1.43 bits per heavy atom. The summed E-state index contributed by atoms with van der Waals surface area (Å²) in [4.78, 5) is 16.0. The van der Waals surface area contributed by atoms with Gasteiger partial charge in [0.25, 0.3) is 5.91 Å². The molecule has 0 saturated carbocycles. The Hall–Kier alpha value is -1.88. The lowest BCUT2D eigenvalue weighted by Crippen LogP contribution is -2.30. The summed E-state index contributed by atoms with van der Waals surface area (Å²) in [6.45, 7) is 7.40. The van der Waals surface area contributed by atoms with Crippen LogP contribution in [0.15, 0.2) is 24.4 Å². The number of nitrogens with zero attached hydrogens (tertiary/aromatic N) is 3. The number of carbonyl (C=O) groups excluding carboxylic acids is 1. The van der Waals surface area contributed by atoms with E-state index in [1.54, 1.807) is 12.1 Å². The Morgan fingerprint density at radius 3 is 2.81 bits per heavy atom. The molecule has 0 bridgehead atoms. The third-order valence-electron chi connectivity index (χ3n) is 3.15. The number of nitrogens with one attached hydrogen (secondary N) is 1. The number of amides is 1. The van der Waals surface area contributed by atoms with Crippen molar-refractivity contribution in [2.45, 2.75) is 27.3 Å². The van der Waals surface area contributed by atoms with E-state index in [0.29, 0.717) is 17.3 Å². The molecule has 2 heterocycles. The highest BCUT2D eigenvalue weighted by atomic mass is 35.5. The largest absolute Gasteiger partial charge is 0.350 e. The Labute approximate surface area is 129 Å². The fourth-order valence-electron chi connectivity index (χ4n) is 2.11. The Bertz CT molecular complexity index is 638. The van der Waals surface area contributed by atoms with E-state index >= 15 is 0 Å². The quantitative estimate of drug-likeness (QED) is 0.923. The molecule has 0 saturated heterocycles. The van der Waals surface area contributed by atoms with Crippen molar-refractivity contribution in [1.82, 2.24) is 20.1 Å². The Morgan fingerprint density at radius 2 is 2.19 bits per heavy atom. The maximum absolute atomic E-state index is 12.0. The van der Waals surface area contributed by atoms with Gasteiger partial charge in [0.1, 0.15) is 5.69 Å². The molecule has 0 aliphatic heterocycles. The maximum Gasteiger partial charge on any atom is 0.269 e. The Kier molecular flexibility index (Phi) is 4.96. The number of halogens is 1. The molecule has 2 rings (SSSR count). The molecule has 1 N–H and O–H groups in total. The fourth-order valence-corrected chi connectivity index (χ4v) is 2.27. The van der Waals surface area contributed by atoms with Crippen molar-refractivity contribution in [3.8, 4) is 0 Å². The molecule has 5 nitrogen and oxygen atoms in total. The molecule has 0 aliphatic carbocycles. The van der Waals surface area contributed by atoms with Crippen molar-refractivity contribution >= 4 is 17.5 Å². The second-order valence-corrected chi connectivity index (χ2v) is 5.72. The molecule has 1 amide bonds. The monoisotopic (exact) mass is 306 g/mol. The molecule has 0 unspecified atom stereocenters. The van der Waals surface area contributed by atoms with Crippen molar-refractivity contribution in [2.75, 3.05) is 6.54 Å². The average Bonchev–Trinajstić information content (AvgIpc) is 2.74. The molecular formula is C15H19ClN4O. The zero-order chi connectivity index (χ0) is 15.4. The summed E-state index contributed by atoms with van der Waals surface area (Å²) in [7, 11) is 0. The number of hydrogen-bond donors (Lipinski definition) is 1. The molecule has 0 aliphatic rings. The minimum atomic E-state index is -0.210. The standard InChI is InChI=1S/C15H19ClN4O/c1-10(9-20-12(3)6-11(2)19-20)8-18-15(21)14-7-13(16)4-5-17-14/h4-7,10H,8-9H2,1-3H3,(H,18,21)/t10-/m1/s1. The number of pyridine rings is 1. The van der Waals surface area contributed by atoms with E-state index in [0.717, 1.165) is 17.9 Å². The lowest BCUT2D eigenvalue weighted by Gasteiger charge is -2.13. The van der Waals surface area contributed by atoms with Crippen LogP contribution >= 0.6 is 11.6 Å². The van der Waals surface area contributed by atoms with Crippen LogP contribution in [-0.2, 0) is 6.54 Å². The molecule has 0 radical (unpaired) electrons. The van der Waals surface area contributed by atoms with Crippen LogP contribution in [0.25, 0.3) is 0 Å². The van der Waals surface area contributed by atoms with Gasteiger partial charge >= 0.3 is 0 Å². The maximum atomic E-state index is 12.0. The third-order valence-corrected chi connectivity index (χ3v) is 3.39. The highest BCUT2D eigenvalue weighted by molar-refractivity contribution is 6.30. The molecular weight excluding hydrogens is 288 g/mol. The van der Waals surface area contributed by atoms with Gasteiger partial charge in [0, 0.05) is 30.0 Å². The molecule has 112 valence electrons. The molecule has 6 heteroatoms. The van der Waals surface area contributed by atoms with Gasteiger partial charge in [-0.15, -0.1) is 0 Å². The first kappa shape index (κ1) is 15.5. The average molecular weight is 307 g/mol. The van der Waals surface area contributed by atoms with Gasteiger partial charge in [-0.3, -0.25) is 14.5 Å². The normalized spacial score (nSPS) is 12.2. The molecule has 0 fully saturated rings. The van der Waals surface area contributed by atoms with Gasteiger partial charge in [0.05, 0.1) is 5.69 Å². The first-order valence-corrected chi connectivity index (χ1v) is 7.24. The summed E-state index contributed by atoms with van der Waals surface area (Å²) in [6, 6.07) is 5.24. The van der Waals surface area contributed by atoms with Crippen molar-refractivity contribution in [3.05, 3.63) is 46.5 Å². The van der Waals surface area contributed by atoms with Crippen molar-refractivity contribution < 1.29 is 4.79 Å². The van der Waals surface area contributed by atoms with E-state index in [-0.39, 0.29) is 11.8 Å². The predicted molar refractivity (Wildman–Crippen MR) is 82.4 cm³/mol. The van der Waals surface area contributed by atoms with Crippen LogP contribution in [-0.4, -0.2) is 27.2 Å². The molecule has 0 spiro atoms. The molecule has 1 atom stereocenters. The van der Waals surface area contributed by atoms with E-state index in [1.807, 2.05) is 24.6 Å². The summed E-state index contributed by atoms with van der Waals surface area (Å²) in [5, 5.41) is 7.80.